The first-order valence-electron chi connectivity index (χ1n) is 23.8. The molecule has 0 saturated carbocycles. The lowest BCUT2D eigenvalue weighted by atomic mass is 10.0. The van der Waals surface area contributed by atoms with Gasteiger partial charge < -0.3 is 53.0 Å². The Hall–Kier alpha value is -7.66. The van der Waals surface area contributed by atoms with Crippen LogP contribution in [0.2, 0.25) is 0 Å². The highest BCUT2D eigenvalue weighted by Gasteiger charge is 2.33. The monoisotopic (exact) mass is 1030 g/mol. The summed E-state index contributed by atoms with van der Waals surface area (Å²) < 4.78 is 31.8. The number of aromatic amines is 1. The van der Waals surface area contributed by atoms with Gasteiger partial charge in [0.05, 0.1) is 13.0 Å². The molecule has 22 nitrogen and oxygen atoms in total. The zero-order chi connectivity index (χ0) is 53.7. The zero-order valence-corrected chi connectivity index (χ0v) is 41.7. The summed E-state index contributed by atoms with van der Waals surface area (Å²) in [7, 11) is -4.29. The molecule has 12 N–H and O–H groups in total. The highest BCUT2D eigenvalue weighted by Crippen LogP contribution is 2.20. The number of amides is 8. The molecule has 0 unspecified atom stereocenters. The summed E-state index contributed by atoms with van der Waals surface area (Å²) in [4.78, 5) is 122. The van der Waals surface area contributed by atoms with Crippen LogP contribution in [0.15, 0.2) is 85.1 Å². The third-order valence-electron chi connectivity index (χ3n) is 11.6. The molecular weight excluding hydrogens is 967 g/mol. The summed E-state index contributed by atoms with van der Waals surface area (Å²) in [5.41, 5.74) is 8.39. The van der Waals surface area contributed by atoms with Gasteiger partial charge in [-0.2, -0.15) is 8.42 Å². The average molecular weight is 1030 g/mol. The molecule has 73 heavy (non-hydrogen) atoms. The van der Waals surface area contributed by atoms with E-state index in [1.807, 2.05) is 19.9 Å². The second-order valence-corrected chi connectivity index (χ2v) is 19.1. The van der Waals surface area contributed by atoms with Crippen LogP contribution < -0.4 is 43.0 Å². The topological polar surface area (TPSA) is 354 Å². The van der Waals surface area contributed by atoms with Crippen molar-refractivity contribution in [3.8, 4) is 0 Å². The number of hydrogen-bond acceptors (Lipinski definition) is 11. The van der Waals surface area contributed by atoms with Gasteiger partial charge in [-0.15, -0.1) is 0 Å². The van der Waals surface area contributed by atoms with Crippen LogP contribution in [0, 0.1) is 0 Å². The van der Waals surface area contributed by atoms with Crippen molar-refractivity contribution in [1.29, 1.82) is 0 Å². The summed E-state index contributed by atoms with van der Waals surface area (Å²) in [6.45, 7) is 4.24. The Balaban J connectivity index is 1.51. The van der Waals surface area contributed by atoms with E-state index in [0.29, 0.717) is 47.9 Å². The number of carbonyl (C=O) groups excluding carboxylic acids is 8. The summed E-state index contributed by atoms with van der Waals surface area (Å²) in [6.07, 6.45) is 2.85. The second-order valence-electron chi connectivity index (χ2n) is 17.6. The fourth-order valence-electron chi connectivity index (χ4n) is 7.84. The Morgan fingerprint density at radius 2 is 1.08 bits per heavy atom. The number of carboxylic acids is 1. The van der Waals surface area contributed by atoms with Gasteiger partial charge in [0.1, 0.15) is 42.0 Å². The molecule has 6 atom stereocenters. The van der Waals surface area contributed by atoms with Crippen molar-refractivity contribution < 1.29 is 61.2 Å². The smallest absolute Gasteiger partial charge is 0.305 e. The fraction of sp³-hybridized carbons (Fsp3) is 0.420. The number of primary amides is 1. The summed E-state index contributed by atoms with van der Waals surface area (Å²) in [6, 6.07) is 13.8. The maximum absolute atomic E-state index is 14.3. The number of nitrogens with one attached hydrogen (secondary N) is 8. The molecular formula is C50H65N9O13S. The Kier molecular flexibility index (Phi) is 22.5. The van der Waals surface area contributed by atoms with Gasteiger partial charge in [0.25, 0.3) is 10.1 Å². The van der Waals surface area contributed by atoms with Crippen LogP contribution in [0.1, 0.15) is 88.0 Å². The lowest BCUT2D eigenvalue weighted by Crippen LogP contribution is -2.59. The van der Waals surface area contributed by atoms with E-state index in [0.717, 1.165) is 10.9 Å². The summed E-state index contributed by atoms with van der Waals surface area (Å²) in [5, 5.41) is 28.3. The first-order chi connectivity index (χ1) is 34.7. The van der Waals surface area contributed by atoms with Crippen molar-refractivity contribution >= 4 is 74.2 Å². The second kappa shape index (κ2) is 28.4. The fourth-order valence-corrected chi connectivity index (χ4v) is 8.45. The van der Waals surface area contributed by atoms with E-state index >= 15 is 0 Å². The number of fused-ring (bicyclic) bond motifs is 1. The largest absolute Gasteiger partial charge is 0.481 e. The van der Waals surface area contributed by atoms with E-state index < -0.39 is 118 Å². The Morgan fingerprint density at radius 3 is 1.66 bits per heavy atom. The van der Waals surface area contributed by atoms with Crippen LogP contribution in [0.4, 0.5) is 0 Å². The number of hydrogen-bond donors (Lipinski definition) is 11. The zero-order valence-electron chi connectivity index (χ0n) is 40.9. The van der Waals surface area contributed by atoms with Crippen molar-refractivity contribution in [2.75, 3.05) is 6.54 Å². The normalized spacial score (nSPS) is 13.7. The van der Waals surface area contributed by atoms with Gasteiger partial charge in [-0.1, -0.05) is 112 Å². The maximum Gasteiger partial charge on any atom is 0.305 e. The highest BCUT2D eigenvalue weighted by atomic mass is 32.2. The van der Waals surface area contributed by atoms with Crippen LogP contribution in [-0.2, 0) is 78.3 Å². The van der Waals surface area contributed by atoms with E-state index in [4.69, 9.17) is 5.73 Å². The van der Waals surface area contributed by atoms with Crippen molar-refractivity contribution in [2.24, 2.45) is 5.73 Å². The summed E-state index contributed by atoms with van der Waals surface area (Å²) >= 11 is 0. The lowest BCUT2D eigenvalue weighted by molar-refractivity contribution is -0.141. The first kappa shape index (κ1) is 57.9. The Labute approximate surface area is 422 Å². The molecule has 0 saturated heterocycles. The van der Waals surface area contributed by atoms with E-state index in [1.54, 1.807) is 54.7 Å². The molecule has 0 aliphatic heterocycles. The average Bonchev–Trinajstić information content (AvgIpc) is 3.74. The molecule has 0 aliphatic rings. The predicted octanol–water partition coefficient (Wildman–Crippen LogP) is 0.969. The van der Waals surface area contributed by atoms with Gasteiger partial charge in [-0.05, 0) is 41.2 Å². The first-order valence-corrected chi connectivity index (χ1v) is 25.5. The summed E-state index contributed by atoms with van der Waals surface area (Å²) in [5.74, 6) is -8.55. The number of benzene rings is 3. The van der Waals surface area contributed by atoms with Crippen LogP contribution in [0.25, 0.3) is 10.9 Å². The van der Waals surface area contributed by atoms with Crippen LogP contribution >= 0.6 is 0 Å². The third-order valence-corrected chi connectivity index (χ3v) is 12.3. The molecule has 1 heterocycles. The van der Waals surface area contributed by atoms with Crippen LogP contribution in [0.3, 0.4) is 0 Å². The lowest BCUT2D eigenvalue weighted by Gasteiger charge is -2.26. The molecule has 4 aromatic rings. The Morgan fingerprint density at radius 1 is 0.589 bits per heavy atom. The van der Waals surface area contributed by atoms with Gasteiger partial charge in [0.2, 0.25) is 47.3 Å². The van der Waals surface area contributed by atoms with E-state index in [9.17, 15) is 61.2 Å². The molecule has 394 valence electrons. The Bertz CT molecular complexity index is 2680. The van der Waals surface area contributed by atoms with Gasteiger partial charge in [0.15, 0.2) is 0 Å². The number of nitrogens with two attached hydrogens (primary N) is 1. The number of carbonyl (C=O) groups is 9. The van der Waals surface area contributed by atoms with Crippen molar-refractivity contribution in [3.05, 3.63) is 107 Å². The van der Waals surface area contributed by atoms with Gasteiger partial charge in [0, 0.05) is 43.3 Å². The van der Waals surface area contributed by atoms with E-state index in [1.165, 1.54) is 31.2 Å². The molecule has 8 amide bonds. The molecule has 0 radical (unpaired) electrons. The number of rotatable bonds is 30. The number of carboxylic acid groups (broad SMARTS) is 1. The van der Waals surface area contributed by atoms with E-state index in [-0.39, 0.29) is 32.1 Å². The molecule has 0 fully saturated rings. The third kappa shape index (κ3) is 19.8. The minimum Gasteiger partial charge on any atom is -0.481 e. The minimum atomic E-state index is -4.29. The highest BCUT2D eigenvalue weighted by molar-refractivity contribution is 7.85. The standard InChI is InChI=1S/C50H65N9O13S/c1-4-6-16-37(56-48(67)40(54-30(3)60)24-32-19-21-33(22-20-32)29-73(70,71)72)46(65)53-28-43(61)55-41(25-34-27-52-36-18-12-11-15-35(34)36)49(68)57-38(17-7-5-2)47(66)59-42(26-44(62)63)50(69)58-39(45(51)64)23-31-13-9-8-10-14-31/h8-15,18-22,27,37-42,52H,4-7,16-17,23-26,28-29H2,1-3H3,(H2,51,64)(H,53,65)(H,54,60)(H,55,61)(H,56,67)(H,57,68)(H,58,69)(H,59,66)(H,62,63)(H,70,71,72)/t37-,38-,39-,40+,41-,42-/m0/s1. The quantitative estimate of drug-likeness (QED) is 0.0325. The predicted molar refractivity (Wildman–Crippen MR) is 268 cm³/mol. The number of aromatic nitrogens is 1. The number of unbranched alkanes of at least 4 members (excludes halogenated alkanes) is 2. The molecule has 0 aliphatic carbocycles. The van der Waals surface area contributed by atoms with Gasteiger partial charge in [-0.25, -0.2) is 0 Å². The SMILES string of the molecule is CCCC[C@H](NC(=O)[C@H](Cc1c[nH]c2ccccc12)NC(=O)CNC(=O)[C@H](CCCC)NC(=O)[C@@H](Cc1ccc(CS(=O)(=O)O)cc1)NC(C)=O)C(=O)N[C@@H](CC(=O)O)C(=O)N[C@@H](Cc1ccccc1)C(N)=O. The molecule has 0 bridgehead atoms. The minimum absolute atomic E-state index is 0.0149. The molecule has 1 aromatic heterocycles. The number of aliphatic carboxylic acids is 1. The van der Waals surface area contributed by atoms with Gasteiger partial charge in [-0.3, -0.25) is 47.7 Å². The molecule has 3 aromatic carbocycles. The van der Waals surface area contributed by atoms with Crippen LogP contribution in [-0.4, -0.2) is 119 Å². The molecule has 4 rings (SSSR count). The number of para-hydroxylation sites is 1. The van der Waals surface area contributed by atoms with Crippen LogP contribution in [0.5, 0.6) is 0 Å². The molecule has 0 spiro atoms. The van der Waals surface area contributed by atoms with Gasteiger partial charge >= 0.3 is 5.97 Å². The molecule has 23 heteroatoms. The maximum atomic E-state index is 14.3. The van der Waals surface area contributed by atoms with Crippen molar-refractivity contribution in [1.82, 2.24) is 42.2 Å². The van der Waals surface area contributed by atoms with E-state index in [2.05, 4.69) is 42.2 Å². The van der Waals surface area contributed by atoms with Crippen molar-refractivity contribution in [2.45, 2.75) is 127 Å². The number of H-pyrrole nitrogens is 1. The van der Waals surface area contributed by atoms with Crippen molar-refractivity contribution in [3.63, 3.8) is 0 Å².